The molecule has 2 rings (SSSR count). The quantitative estimate of drug-likeness (QED) is 0.485. The van der Waals surface area contributed by atoms with Crippen LogP contribution < -0.4 is 0 Å². The molecule has 0 amide bonds. The third-order valence-corrected chi connectivity index (χ3v) is 2.76. The van der Waals surface area contributed by atoms with Crippen molar-refractivity contribution in [2.24, 2.45) is 0 Å². The number of hydrogen-bond acceptors (Lipinski definition) is 4. The number of allylic oxidation sites excluding steroid dienone is 1. The summed E-state index contributed by atoms with van der Waals surface area (Å²) in [7, 11) is 0. The van der Waals surface area contributed by atoms with Gasteiger partial charge in [-0.15, -0.1) is 0 Å². The summed E-state index contributed by atoms with van der Waals surface area (Å²) in [4.78, 5) is 25.9. The lowest BCUT2D eigenvalue weighted by molar-refractivity contribution is -0.384. The monoisotopic (exact) mass is 268 g/mol. The molecule has 0 N–H and O–H groups in total. The summed E-state index contributed by atoms with van der Waals surface area (Å²) in [6.45, 7) is 1.46. The van der Waals surface area contributed by atoms with Crippen molar-refractivity contribution in [3.05, 3.63) is 70.0 Å². The highest BCUT2D eigenvalue weighted by Gasteiger charge is 2.09. The minimum atomic E-state index is -0.461. The second-order valence-electron chi connectivity index (χ2n) is 4.20. The fraction of sp³-hybridized carbons (Fsp3) is 0.0667. The first-order valence-corrected chi connectivity index (χ1v) is 5.95. The number of ketones is 1. The lowest BCUT2D eigenvalue weighted by Gasteiger charge is -2.04. The minimum absolute atomic E-state index is 0.00335. The highest BCUT2D eigenvalue weighted by molar-refractivity contribution is 6.24. The molecule has 1 aromatic carbocycles. The highest BCUT2D eigenvalue weighted by atomic mass is 16.6. The molecule has 0 bridgehead atoms. The molecule has 0 saturated heterocycles. The molecule has 20 heavy (non-hydrogen) atoms. The average Bonchev–Trinajstić information content (AvgIpc) is 2.45. The summed E-state index contributed by atoms with van der Waals surface area (Å²) in [5, 5.41) is 10.8. The fourth-order valence-electron chi connectivity index (χ4n) is 1.81. The smallest absolute Gasteiger partial charge is 0.270 e. The SMILES string of the molecule is CC(=O)C(=Cc1cccc([N+](=O)[O-])c1)c1ccncc1. The number of nitrogens with zero attached hydrogens (tertiary/aromatic N) is 2. The van der Waals surface area contributed by atoms with Gasteiger partial charge in [0.05, 0.1) is 4.92 Å². The third kappa shape index (κ3) is 3.14. The first kappa shape index (κ1) is 13.6. The summed E-state index contributed by atoms with van der Waals surface area (Å²) in [5.41, 5.74) is 1.84. The zero-order valence-corrected chi connectivity index (χ0v) is 10.8. The molecule has 1 aromatic heterocycles. The van der Waals surface area contributed by atoms with E-state index in [-0.39, 0.29) is 11.5 Å². The Morgan fingerprint density at radius 3 is 2.55 bits per heavy atom. The van der Waals surface area contributed by atoms with Crippen LogP contribution in [0.1, 0.15) is 18.1 Å². The van der Waals surface area contributed by atoms with Crippen LogP contribution in [-0.2, 0) is 4.79 Å². The van der Waals surface area contributed by atoms with E-state index in [1.54, 1.807) is 42.7 Å². The van der Waals surface area contributed by atoms with Gasteiger partial charge in [0, 0.05) is 30.1 Å². The van der Waals surface area contributed by atoms with Crippen molar-refractivity contribution < 1.29 is 9.72 Å². The molecule has 1 heterocycles. The molecule has 0 fully saturated rings. The number of non-ortho nitro benzene ring substituents is 1. The Kier molecular flexibility index (Phi) is 4.00. The molecule has 5 nitrogen and oxygen atoms in total. The number of nitro benzene ring substituents is 1. The maximum atomic E-state index is 11.7. The maximum Gasteiger partial charge on any atom is 0.270 e. The molecule has 0 aliphatic rings. The molecule has 100 valence electrons. The van der Waals surface area contributed by atoms with Gasteiger partial charge in [-0.1, -0.05) is 12.1 Å². The molecular formula is C15H12N2O3. The van der Waals surface area contributed by atoms with Crippen molar-refractivity contribution in [2.75, 3.05) is 0 Å². The van der Waals surface area contributed by atoms with Crippen LogP contribution in [0.5, 0.6) is 0 Å². The standard InChI is InChI=1S/C15H12N2O3/c1-11(18)15(13-5-7-16-8-6-13)10-12-3-2-4-14(9-12)17(19)20/h2-10H,1H3. The van der Waals surface area contributed by atoms with Crippen LogP contribution in [0.25, 0.3) is 11.6 Å². The number of nitro groups is 1. The summed E-state index contributed by atoms with van der Waals surface area (Å²) in [6, 6.07) is 9.61. The topological polar surface area (TPSA) is 73.1 Å². The van der Waals surface area contributed by atoms with E-state index in [4.69, 9.17) is 0 Å². The number of Topliss-reactive ketones (excluding diaryl/α,β-unsaturated/α-hetero) is 1. The van der Waals surface area contributed by atoms with Gasteiger partial charge in [0.25, 0.3) is 5.69 Å². The van der Waals surface area contributed by atoms with Gasteiger partial charge in [0.1, 0.15) is 0 Å². The van der Waals surface area contributed by atoms with Crippen LogP contribution in [0.4, 0.5) is 5.69 Å². The number of hydrogen-bond donors (Lipinski definition) is 0. The zero-order chi connectivity index (χ0) is 14.5. The Labute approximate surface area is 115 Å². The van der Waals surface area contributed by atoms with E-state index < -0.39 is 4.92 Å². The van der Waals surface area contributed by atoms with Gasteiger partial charge in [-0.05, 0) is 36.3 Å². The second-order valence-corrected chi connectivity index (χ2v) is 4.20. The van der Waals surface area contributed by atoms with Crippen LogP contribution >= 0.6 is 0 Å². The summed E-state index contributed by atoms with van der Waals surface area (Å²) < 4.78 is 0. The van der Waals surface area contributed by atoms with Crippen LogP contribution in [0.2, 0.25) is 0 Å². The Bertz CT molecular complexity index is 679. The average molecular weight is 268 g/mol. The molecule has 0 spiro atoms. The normalized spacial score (nSPS) is 11.2. The Morgan fingerprint density at radius 2 is 1.95 bits per heavy atom. The van der Waals surface area contributed by atoms with Crippen LogP contribution in [0, 0.1) is 10.1 Å². The van der Waals surface area contributed by atoms with E-state index in [0.29, 0.717) is 11.1 Å². The van der Waals surface area contributed by atoms with E-state index in [0.717, 1.165) is 5.56 Å². The number of carbonyl (C=O) groups is 1. The molecule has 0 aliphatic carbocycles. The first-order valence-electron chi connectivity index (χ1n) is 5.95. The zero-order valence-electron chi connectivity index (χ0n) is 10.8. The molecular weight excluding hydrogens is 256 g/mol. The Morgan fingerprint density at radius 1 is 1.25 bits per heavy atom. The van der Waals surface area contributed by atoms with E-state index in [2.05, 4.69) is 4.98 Å². The lowest BCUT2D eigenvalue weighted by atomic mass is 10.0. The summed E-state index contributed by atoms with van der Waals surface area (Å²) in [5.74, 6) is -0.109. The third-order valence-electron chi connectivity index (χ3n) is 2.76. The van der Waals surface area contributed by atoms with Crippen molar-refractivity contribution in [1.29, 1.82) is 0 Å². The van der Waals surface area contributed by atoms with Gasteiger partial charge in [0.15, 0.2) is 5.78 Å². The van der Waals surface area contributed by atoms with Crippen LogP contribution in [0.15, 0.2) is 48.8 Å². The number of benzene rings is 1. The molecule has 5 heteroatoms. The highest BCUT2D eigenvalue weighted by Crippen LogP contribution is 2.21. The van der Waals surface area contributed by atoms with Gasteiger partial charge in [-0.2, -0.15) is 0 Å². The summed E-state index contributed by atoms with van der Waals surface area (Å²) >= 11 is 0. The lowest BCUT2D eigenvalue weighted by Crippen LogP contribution is -1.96. The first-order chi connectivity index (χ1) is 9.58. The van der Waals surface area contributed by atoms with E-state index in [9.17, 15) is 14.9 Å². The number of pyridine rings is 1. The molecule has 0 atom stereocenters. The summed E-state index contributed by atoms with van der Waals surface area (Å²) in [6.07, 6.45) is 4.84. The van der Waals surface area contributed by atoms with Crippen molar-refractivity contribution in [3.63, 3.8) is 0 Å². The van der Waals surface area contributed by atoms with Crippen LogP contribution in [0.3, 0.4) is 0 Å². The molecule has 0 aliphatic heterocycles. The number of carbonyl (C=O) groups excluding carboxylic acids is 1. The van der Waals surface area contributed by atoms with E-state index >= 15 is 0 Å². The van der Waals surface area contributed by atoms with E-state index in [1.807, 2.05) is 0 Å². The maximum absolute atomic E-state index is 11.7. The molecule has 0 radical (unpaired) electrons. The largest absolute Gasteiger partial charge is 0.294 e. The van der Waals surface area contributed by atoms with Crippen molar-refractivity contribution in [3.8, 4) is 0 Å². The van der Waals surface area contributed by atoms with Gasteiger partial charge in [-0.25, -0.2) is 0 Å². The van der Waals surface area contributed by atoms with E-state index in [1.165, 1.54) is 19.1 Å². The van der Waals surface area contributed by atoms with Gasteiger partial charge in [-0.3, -0.25) is 19.9 Å². The molecule has 0 saturated carbocycles. The van der Waals surface area contributed by atoms with Crippen molar-refractivity contribution in [2.45, 2.75) is 6.92 Å². The molecule has 0 unspecified atom stereocenters. The van der Waals surface area contributed by atoms with Crippen molar-refractivity contribution in [1.82, 2.24) is 4.98 Å². The number of rotatable bonds is 4. The predicted octanol–water partition coefficient (Wildman–Crippen LogP) is 3.12. The number of aromatic nitrogens is 1. The van der Waals surface area contributed by atoms with Gasteiger partial charge in [0.2, 0.25) is 0 Å². The molecule has 2 aromatic rings. The van der Waals surface area contributed by atoms with Gasteiger partial charge >= 0.3 is 0 Å². The second kappa shape index (κ2) is 5.88. The Balaban J connectivity index is 2.47. The van der Waals surface area contributed by atoms with Crippen LogP contribution in [-0.4, -0.2) is 15.7 Å². The predicted molar refractivity (Wildman–Crippen MR) is 75.9 cm³/mol. The van der Waals surface area contributed by atoms with Gasteiger partial charge < -0.3 is 0 Å². The minimum Gasteiger partial charge on any atom is -0.294 e. The van der Waals surface area contributed by atoms with Crippen molar-refractivity contribution >= 4 is 23.1 Å². The Hall–Kier alpha value is -2.82. The fourth-order valence-corrected chi connectivity index (χ4v) is 1.81.